The summed E-state index contributed by atoms with van der Waals surface area (Å²) in [6.07, 6.45) is 1.76. The molecule has 5 nitrogen and oxygen atoms in total. The van der Waals surface area contributed by atoms with Gasteiger partial charge in [0.2, 0.25) is 5.82 Å². The van der Waals surface area contributed by atoms with Gasteiger partial charge in [-0.3, -0.25) is 4.98 Å². The average Bonchev–Trinajstić information content (AvgIpc) is 3.04. The van der Waals surface area contributed by atoms with Crippen LogP contribution in [0.15, 0.2) is 60.8 Å². The van der Waals surface area contributed by atoms with Crippen molar-refractivity contribution in [2.45, 2.75) is 6.54 Å². The van der Waals surface area contributed by atoms with Crippen molar-refractivity contribution in [3.63, 3.8) is 0 Å². The molecule has 0 aliphatic carbocycles. The summed E-state index contributed by atoms with van der Waals surface area (Å²) in [6, 6.07) is 16.0. The molecule has 0 atom stereocenters. The number of para-hydroxylation sites is 1. The van der Waals surface area contributed by atoms with Gasteiger partial charge in [0.25, 0.3) is 0 Å². The number of halogens is 1. The number of benzene rings is 2. The minimum absolute atomic E-state index is 0.322. The molecule has 2 heterocycles. The quantitative estimate of drug-likeness (QED) is 0.583. The average molecular weight is 305 g/mol. The maximum Gasteiger partial charge on any atom is 0.205 e. The molecule has 0 saturated heterocycles. The zero-order valence-corrected chi connectivity index (χ0v) is 12.1. The van der Waals surface area contributed by atoms with Crippen molar-refractivity contribution < 1.29 is 4.39 Å². The topological polar surface area (TPSA) is 56.5 Å². The highest BCUT2D eigenvalue weighted by Gasteiger charge is 2.09. The van der Waals surface area contributed by atoms with E-state index in [0.717, 1.165) is 16.5 Å². The Hall–Kier alpha value is -3.15. The van der Waals surface area contributed by atoms with E-state index in [9.17, 15) is 4.39 Å². The normalized spacial score (nSPS) is 11.0. The van der Waals surface area contributed by atoms with Gasteiger partial charge in [-0.1, -0.05) is 36.4 Å². The molecule has 0 aliphatic heterocycles. The summed E-state index contributed by atoms with van der Waals surface area (Å²) < 4.78 is 13.3. The van der Waals surface area contributed by atoms with Crippen molar-refractivity contribution in [2.75, 3.05) is 0 Å². The first-order valence-corrected chi connectivity index (χ1v) is 7.16. The van der Waals surface area contributed by atoms with Crippen LogP contribution in [0.4, 0.5) is 4.39 Å². The molecule has 0 amide bonds. The number of hydrogen-bond donors (Lipinski definition) is 0. The van der Waals surface area contributed by atoms with Gasteiger partial charge >= 0.3 is 0 Å². The predicted molar refractivity (Wildman–Crippen MR) is 84.1 cm³/mol. The van der Waals surface area contributed by atoms with E-state index in [-0.39, 0.29) is 5.82 Å². The van der Waals surface area contributed by atoms with E-state index in [0.29, 0.717) is 17.9 Å². The van der Waals surface area contributed by atoms with E-state index in [1.807, 2.05) is 30.3 Å². The van der Waals surface area contributed by atoms with Crippen LogP contribution in [0.5, 0.6) is 0 Å². The molecule has 0 spiro atoms. The Bertz CT molecular complexity index is 974. The van der Waals surface area contributed by atoms with Gasteiger partial charge in [-0.25, -0.2) is 4.39 Å². The molecule has 112 valence electrons. The SMILES string of the molecule is Fc1cccc(-c2nnn(Cc3cccc4cccnc34)n2)c1. The Morgan fingerprint density at radius 2 is 1.87 bits per heavy atom. The fourth-order valence-corrected chi connectivity index (χ4v) is 2.50. The molecule has 23 heavy (non-hydrogen) atoms. The summed E-state index contributed by atoms with van der Waals surface area (Å²) in [7, 11) is 0. The fourth-order valence-electron chi connectivity index (χ4n) is 2.50. The van der Waals surface area contributed by atoms with Crippen LogP contribution in [0.3, 0.4) is 0 Å². The highest BCUT2D eigenvalue weighted by atomic mass is 19.1. The standard InChI is InChI=1S/C17H12FN5/c18-15-8-2-5-13(10-15)17-20-22-23(21-17)11-14-6-1-4-12-7-3-9-19-16(12)14/h1-10H,11H2. The van der Waals surface area contributed by atoms with Crippen molar-refractivity contribution in [3.05, 3.63) is 72.2 Å². The molecule has 0 aliphatic rings. The Morgan fingerprint density at radius 3 is 2.78 bits per heavy atom. The highest BCUT2D eigenvalue weighted by molar-refractivity contribution is 5.81. The van der Waals surface area contributed by atoms with Gasteiger partial charge in [-0.05, 0) is 23.4 Å². The highest BCUT2D eigenvalue weighted by Crippen LogP contribution is 2.18. The van der Waals surface area contributed by atoms with Gasteiger partial charge in [-0.2, -0.15) is 4.80 Å². The first kappa shape index (κ1) is 13.5. The monoisotopic (exact) mass is 305 g/mol. The van der Waals surface area contributed by atoms with Crippen molar-refractivity contribution in [2.24, 2.45) is 0 Å². The van der Waals surface area contributed by atoms with E-state index < -0.39 is 0 Å². The van der Waals surface area contributed by atoms with Crippen LogP contribution >= 0.6 is 0 Å². The predicted octanol–water partition coefficient (Wildman–Crippen LogP) is 3.08. The minimum Gasteiger partial charge on any atom is -0.256 e. The van der Waals surface area contributed by atoms with Crippen LogP contribution in [-0.2, 0) is 6.54 Å². The molecule has 0 N–H and O–H groups in total. The molecule has 2 aromatic carbocycles. The van der Waals surface area contributed by atoms with E-state index in [2.05, 4.69) is 20.4 Å². The Kier molecular flexibility index (Phi) is 3.27. The first-order chi connectivity index (χ1) is 11.3. The molecule has 4 aromatic rings. The first-order valence-electron chi connectivity index (χ1n) is 7.16. The van der Waals surface area contributed by atoms with Gasteiger partial charge in [0.15, 0.2) is 0 Å². The van der Waals surface area contributed by atoms with Crippen LogP contribution < -0.4 is 0 Å². The molecular weight excluding hydrogens is 293 g/mol. The largest absolute Gasteiger partial charge is 0.256 e. The minimum atomic E-state index is -0.322. The third-order valence-corrected chi connectivity index (χ3v) is 3.56. The molecule has 4 rings (SSSR count). The molecule has 0 unspecified atom stereocenters. The Balaban J connectivity index is 1.67. The van der Waals surface area contributed by atoms with E-state index >= 15 is 0 Å². The third kappa shape index (κ3) is 2.66. The van der Waals surface area contributed by atoms with Crippen LogP contribution in [0.25, 0.3) is 22.3 Å². The number of rotatable bonds is 3. The number of nitrogens with zero attached hydrogens (tertiary/aromatic N) is 5. The molecule has 2 aromatic heterocycles. The van der Waals surface area contributed by atoms with Gasteiger partial charge < -0.3 is 0 Å². The molecular formula is C17H12FN5. The fraction of sp³-hybridized carbons (Fsp3) is 0.0588. The maximum absolute atomic E-state index is 13.3. The van der Waals surface area contributed by atoms with Crippen molar-refractivity contribution >= 4 is 10.9 Å². The summed E-state index contributed by atoms with van der Waals surface area (Å²) in [6.45, 7) is 0.455. The van der Waals surface area contributed by atoms with Crippen LogP contribution in [0, 0.1) is 5.82 Å². The molecule has 0 radical (unpaired) electrons. The number of aromatic nitrogens is 5. The van der Waals surface area contributed by atoms with Gasteiger partial charge in [-0.15, -0.1) is 10.2 Å². The second kappa shape index (κ2) is 5.57. The van der Waals surface area contributed by atoms with Crippen molar-refractivity contribution in [1.82, 2.24) is 25.2 Å². The van der Waals surface area contributed by atoms with Crippen molar-refractivity contribution in [1.29, 1.82) is 0 Å². The lowest BCUT2D eigenvalue weighted by molar-refractivity contribution is 0.574. The van der Waals surface area contributed by atoms with Crippen molar-refractivity contribution in [3.8, 4) is 11.4 Å². The number of pyridine rings is 1. The Labute approximate surface area is 131 Å². The van der Waals surface area contributed by atoms with E-state index in [1.54, 1.807) is 18.3 Å². The summed E-state index contributed by atoms with van der Waals surface area (Å²) in [5.74, 6) is 0.0785. The summed E-state index contributed by atoms with van der Waals surface area (Å²) in [5, 5.41) is 13.4. The molecule has 0 fully saturated rings. The number of fused-ring (bicyclic) bond motifs is 1. The molecule has 6 heteroatoms. The Morgan fingerprint density at radius 1 is 1.00 bits per heavy atom. The van der Waals surface area contributed by atoms with Gasteiger partial charge in [0.1, 0.15) is 5.82 Å². The lowest BCUT2D eigenvalue weighted by Crippen LogP contribution is -2.05. The summed E-state index contributed by atoms with van der Waals surface area (Å²) >= 11 is 0. The second-order valence-electron chi connectivity index (χ2n) is 5.15. The maximum atomic E-state index is 13.3. The van der Waals surface area contributed by atoms with Crippen LogP contribution in [0.2, 0.25) is 0 Å². The van der Waals surface area contributed by atoms with Gasteiger partial charge in [0, 0.05) is 22.7 Å². The van der Waals surface area contributed by atoms with E-state index in [1.165, 1.54) is 16.9 Å². The van der Waals surface area contributed by atoms with E-state index in [4.69, 9.17) is 0 Å². The van der Waals surface area contributed by atoms with Crippen LogP contribution in [-0.4, -0.2) is 25.2 Å². The summed E-state index contributed by atoms with van der Waals surface area (Å²) in [5.41, 5.74) is 2.53. The lowest BCUT2D eigenvalue weighted by atomic mass is 10.1. The third-order valence-electron chi connectivity index (χ3n) is 3.56. The number of tetrazole rings is 1. The zero-order chi connectivity index (χ0) is 15.6. The van der Waals surface area contributed by atoms with Crippen LogP contribution in [0.1, 0.15) is 5.56 Å². The molecule has 0 bridgehead atoms. The smallest absolute Gasteiger partial charge is 0.205 e. The zero-order valence-electron chi connectivity index (χ0n) is 12.1. The lowest BCUT2D eigenvalue weighted by Gasteiger charge is -2.04. The second-order valence-corrected chi connectivity index (χ2v) is 5.15. The molecule has 0 saturated carbocycles. The number of hydrogen-bond acceptors (Lipinski definition) is 4. The van der Waals surface area contributed by atoms with Gasteiger partial charge in [0.05, 0.1) is 12.1 Å². The summed E-state index contributed by atoms with van der Waals surface area (Å²) in [4.78, 5) is 5.90.